The zero-order valence-corrected chi connectivity index (χ0v) is 12.0. The number of nitrogens with zero attached hydrogens (tertiary/aromatic N) is 2. The van der Waals surface area contributed by atoms with E-state index < -0.39 is 10.0 Å². The Labute approximate surface area is 113 Å². The first-order valence-electron chi connectivity index (χ1n) is 5.85. The molecule has 0 aliphatic carbocycles. The van der Waals surface area contributed by atoms with Crippen molar-refractivity contribution >= 4 is 15.7 Å². The monoisotopic (exact) mass is 288 g/mol. The van der Waals surface area contributed by atoms with E-state index in [0.29, 0.717) is 13.2 Å². The maximum absolute atomic E-state index is 11.9. The molecule has 0 radical (unpaired) electrons. The van der Waals surface area contributed by atoms with E-state index in [9.17, 15) is 8.42 Å². The van der Waals surface area contributed by atoms with Crippen LogP contribution in [0.1, 0.15) is 0 Å². The van der Waals surface area contributed by atoms with Gasteiger partial charge in [0.05, 0.1) is 18.9 Å². The molecule has 0 saturated heterocycles. The Balaban J connectivity index is 2.38. The summed E-state index contributed by atoms with van der Waals surface area (Å²) in [6.45, 7) is 1.86. The average Bonchev–Trinajstić information content (AvgIpc) is 2.33. The van der Waals surface area contributed by atoms with Crippen LogP contribution in [-0.2, 0) is 14.8 Å². The summed E-state index contributed by atoms with van der Waals surface area (Å²) in [5, 5.41) is 0. The number of pyridine rings is 1. The highest BCUT2D eigenvalue weighted by Gasteiger charge is 2.16. The van der Waals surface area contributed by atoms with Crippen LogP contribution in [0.4, 0.5) is 5.69 Å². The predicted octanol–water partition coefficient (Wildman–Crippen LogP) is -0.480. The van der Waals surface area contributed by atoms with Gasteiger partial charge in [-0.15, -0.1) is 0 Å². The zero-order chi connectivity index (χ0) is 14.3. The van der Waals surface area contributed by atoms with E-state index in [-0.39, 0.29) is 17.1 Å². The van der Waals surface area contributed by atoms with Crippen molar-refractivity contribution < 1.29 is 13.2 Å². The summed E-state index contributed by atoms with van der Waals surface area (Å²) in [6.07, 6.45) is 2.67. The minimum absolute atomic E-state index is 0.0108. The van der Waals surface area contributed by atoms with Crippen LogP contribution in [0.5, 0.6) is 0 Å². The summed E-state index contributed by atoms with van der Waals surface area (Å²) in [6, 6.07) is 1.45. The molecule has 0 atom stereocenters. The fraction of sp³-hybridized carbons (Fsp3) is 0.545. The summed E-state index contributed by atoms with van der Waals surface area (Å²) in [4.78, 5) is 5.73. The van der Waals surface area contributed by atoms with E-state index in [1.807, 2.05) is 19.0 Å². The van der Waals surface area contributed by atoms with Crippen molar-refractivity contribution in [3.05, 3.63) is 18.5 Å². The Morgan fingerprint density at radius 3 is 2.79 bits per heavy atom. The average molecular weight is 288 g/mol. The van der Waals surface area contributed by atoms with Crippen LogP contribution >= 0.6 is 0 Å². The van der Waals surface area contributed by atoms with Gasteiger partial charge < -0.3 is 15.4 Å². The predicted molar refractivity (Wildman–Crippen MR) is 73.2 cm³/mol. The maximum atomic E-state index is 11.9. The third-order valence-electron chi connectivity index (χ3n) is 2.33. The number of hydrogen-bond acceptors (Lipinski definition) is 6. The molecule has 0 amide bonds. The van der Waals surface area contributed by atoms with Crippen LogP contribution < -0.4 is 10.5 Å². The topological polar surface area (TPSA) is 97.5 Å². The number of ether oxygens (including phenoxy) is 1. The molecule has 0 saturated carbocycles. The van der Waals surface area contributed by atoms with Gasteiger partial charge in [0.15, 0.2) is 0 Å². The normalized spacial score (nSPS) is 11.9. The number of nitrogens with two attached hydrogens (primary N) is 1. The maximum Gasteiger partial charge on any atom is 0.244 e. The van der Waals surface area contributed by atoms with Crippen molar-refractivity contribution in [2.24, 2.45) is 0 Å². The van der Waals surface area contributed by atoms with Gasteiger partial charge in [0.1, 0.15) is 4.90 Å². The van der Waals surface area contributed by atoms with E-state index in [4.69, 9.17) is 10.5 Å². The zero-order valence-electron chi connectivity index (χ0n) is 11.2. The number of sulfonamides is 1. The molecule has 3 N–H and O–H groups in total. The second-order valence-electron chi connectivity index (χ2n) is 4.23. The molecular weight excluding hydrogens is 268 g/mol. The summed E-state index contributed by atoms with van der Waals surface area (Å²) in [7, 11) is 0.261. The first-order chi connectivity index (χ1) is 8.93. The van der Waals surface area contributed by atoms with Crippen LogP contribution in [0.25, 0.3) is 0 Å². The van der Waals surface area contributed by atoms with Gasteiger partial charge >= 0.3 is 0 Å². The minimum Gasteiger partial charge on any atom is -0.398 e. The molecule has 0 aliphatic rings. The summed E-state index contributed by atoms with van der Waals surface area (Å²) in [5.74, 6) is 0. The molecule has 0 aliphatic heterocycles. The number of nitrogens with one attached hydrogen (secondary N) is 1. The van der Waals surface area contributed by atoms with Gasteiger partial charge in [-0.25, -0.2) is 13.1 Å². The third-order valence-corrected chi connectivity index (χ3v) is 3.83. The molecule has 1 heterocycles. The largest absolute Gasteiger partial charge is 0.398 e. The quantitative estimate of drug-likeness (QED) is 0.627. The Hall–Kier alpha value is -1.22. The number of nitrogen functional groups attached to an aromatic ring is 1. The van der Waals surface area contributed by atoms with Crippen molar-refractivity contribution in [3.8, 4) is 0 Å². The van der Waals surface area contributed by atoms with E-state index in [0.717, 1.165) is 6.54 Å². The minimum atomic E-state index is -3.62. The molecule has 19 heavy (non-hydrogen) atoms. The van der Waals surface area contributed by atoms with Crippen LogP contribution in [0, 0.1) is 0 Å². The van der Waals surface area contributed by atoms with Gasteiger partial charge in [0.25, 0.3) is 0 Å². The molecular formula is C11H20N4O3S. The highest BCUT2D eigenvalue weighted by Crippen LogP contribution is 2.14. The molecule has 1 rings (SSSR count). The molecule has 0 bridgehead atoms. The van der Waals surface area contributed by atoms with Gasteiger partial charge in [-0.2, -0.15) is 0 Å². The fourth-order valence-electron chi connectivity index (χ4n) is 1.29. The Morgan fingerprint density at radius 1 is 1.42 bits per heavy atom. The summed E-state index contributed by atoms with van der Waals surface area (Å²) >= 11 is 0. The van der Waals surface area contributed by atoms with Crippen molar-refractivity contribution in [3.63, 3.8) is 0 Å². The highest BCUT2D eigenvalue weighted by molar-refractivity contribution is 7.89. The lowest BCUT2D eigenvalue weighted by atomic mass is 10.4. The first kappa shape index (κ1) is 15.8. The molecule has 0 spiro atoms. The van der Waals surface area contributed by atoms with Crippen molar-refractivity contribution in [1.82, 2.24) is 14.6 Å². The van der Waals surface area contributed by atoms with Gasteiger partial charge in [-0.1, -0.05) is 0 Å². The van der Waals surface area contributed by atoms with E-state index in [2.05, 4.69) is 9.71 Å². The second kappa shape index (κ2) is 7.39. The number of rotatable bonds is 8. The van der Waals surface area contributed by atoms with Crippen LogP contribution in [0.2, 0.25) is 0 Å². The molecule has 1 aromatic heterocycles. The summed E-state index contributed by atoms with van der Waals surface area (Å²) in [5.41, 5.74) is 5.77. The van der Waals surface area contributed by atoms with E-state index >= 15 is 0 Å². The van der Waals surface area contributed by atoms with Crippen molar-refractivity contribution in [2.45, 2.75) is 4.90 Å². The van der Waals surface area contributed by atoms with Crippen molar-refractivity contribution in [2.75, 3.05) is 46.1 Å². The second-order valence-corrected chi connectivity index (χ2v) is 5.96. The first-order valence-corrected chi connectivity index (χ1v) is 7.33. The standard InChI is InChI=1S/C11H20N4O3S/c1-15(2)6-8-18-7-5-14-19(16,17)11-9-13-4-3-10(11)12/h3-4,9,14H,5-8H2,1-2H3,(H2,12,13). The molecule has 7 nitrogen and oxygen atoms in total. The fourth-order valence-corrected chi connectivity index (χ4v) is 2.38. The third kappa shape index (κ3) is 5.52. The number of anilines is 1. The lowest BCUT2D eigenvalue weighted by Crippen LogP contribution is -2.29. The number of aromatic nitrogens is 1. The van der Waals surface area contributed by atoms with Gasteiger partial charge in [-0.05, 0) is 20.2 Å². The molecule has 0 unspecified atom stereocenters. The Kier molecular flexibility index (Phi) is 6.16. The number of hydrogen-bond donors (Lipinski definition) is 2. The lowest BCUT2D eigenvalue weighted by Gasteiger charge is -2.11. The molecule has 0 aromatic carbocycles. The molecule has 1 aromatic rings. The molecule has 0 fully saturated rings. The Morgan fingerprint density at radius 2 is 2.16 bits per heavy atom. The SMILES string of the molecule is CN(C)CCOCCNS(=O)(=O)c1cnccc1N. The van der Waals surface area contributed by atoms with Crippen LogP contribution in [0.3, 0.4) is 0 Å². The lowest BCUT2D eigenvalue weighted by molar-refractivity contribution is 0.122. The van der Waals surface area contributed by atoms with Crippen molar-refractivity contribution in [1.29, 1.82) is 0 Å². The van der Waals surface area contributed by atoms with Gasteiger partial charge in [0.2, 0.25) is 10.0 Å². The summed E-state index contributed by atoms with van der Waals surface area (Å²) < 4.78 is 31.5. The molecule has 108 valence electrons. The van der Waals surface area contributed by atoms with Crippen LogP contribution in [0.15, 0.2) is 23.4 Å². The highest BCUT2D eigenvalue weighted by atomic mass is 32.2. The van der Waals surface area contributed by atoms with Gasteiger partial charge in [-0.3, -0.25) is 4.98 Å². The smallest absolute Gasteiger partial charge is 0.244 e. The van der Waals surface area contributed by atoms with E-state index in [1.165, 1.54) is 18.5 Å². The number of likely N-dealkylation sites (N-methyl/N-ethyl adjacent to an activating group) is 1. The van der Waals surface area contributed by atoms with E-state index in [1.54, 1.807) is 0 Å². The molecule has 8 heteroatoms. The van der Waals surface area contributed by atoms with Gasteiger partial charge in [0, 0.05) is 25.5 Å². The Bertz CT molecular complexity index is 490. The van der Waals surface area contributed by atoms with Crippen LogP contribution in [-0.4, -0.2) is 58.7 Å².